The number of rotatable bonds is 3. The van der Waals surface area contributed by atoms with Crippen molar-refractivity contribution in [1.29, 1.82) is 0 Å². The fraction of sp³-hybridized carbons (Fsp3) is 0.455. The van der Waals surface area contributed by atoms with Gasteiger partial charge in [-0.25, -0.2) is 0 Å². The van der Waals surface area contributed by atoms with Gasteiger partial charge in [0.1, 0.15) is 0 Å². The van der Waals surface area contributed by atoms with Crippen molar-refractivity contribution in [1.82, 2.24) is 5.32 Å². The summed E-state index contributed by atoms with van der Waals surface area (Å²) in [6.45, 7) is -0.888. The van der Waals surface area contributed by atoms with Crippen LogP contribution >= 0.6 is 0 Å². The highest BCUT2D eigenvalue weighted by atomic mass is 19.4. The Hall–Kier alpha value is -1.03. The first-order valence-corrected chi connectivity index (χ1v) is 4.91. The Kier molecular flexibility index (Phi) is 2.69. The van der Waals surface area contributed by atoms with E-state index in [-0.39, 0.29) is 12.0 Å². The lowest BCUT2D eigenvalue weighted by Gasteiger charge is -2.07. The van der Waals surface area contributed by atoms with Gasteiger partial charge in [-0.2, -0.15) is 13.2 Å². The van der Waals surface area contributed by atoms with Gasteiger partial charge in [-0.3, -0.25) is 0 Å². The van der Waals surface area contributed by atoms with E-state index in [1.807, 2.05) is 30.3 Å². The third kappa shape index (κ3) is 2.96. The number of alkyl halides is 3. The predicted octanol–water partition coefficient (Wildman–Crippen LogP) is 2.69. The largest absolute Gasteiger partial charge is 0.401 e. The second kappa shape index (κ2) is 3.85. The van der Waals surface area contributed by atoms with Gasteiger partial charge in [-0.05, 0) is 12.0 Å². The molecule has 1 saturated carbocycles. The molecule has 0 radical (unpaired) electrons. The van der Waals surface area contributed by atoms with Crippen LogP contribution in [-0.2, 0) is 0 Å². The summed E-state index contributed by atoms with van der Waals surface area (Å²) in [4.78, 5) is 0. The van der Waals surface area contributed by atoms with Crippen LogP contribution in [0.15, 0.2) is 30.3 Å². The minimum absolute atomic E-state index is 0.00553. The molecule has 0 aromatic heterocycles. The molecule has 1 aromatic carbocycles. The van der Waals surface area contributed by atoms with Crippen LogP contribution in [0.1, 0.15) is 17.9 Å². The molecule has 1 nitrogen and oxygen atoms in total. The van der Waals surface area contributed by atoms with Gasteiger partial charge in [0, 0.05) is 12.0 Å². The SMILES string of the molecule is FC(F)(F)CNC1CC1c1ccccc1. The molecule has 0 spiro atoms. The second-order valence-corrected chi connectivity index (χ2v) is 3.86. The highest BCUT2D eigenvalue weighted by Gasteiger charge is 2.40. The molecule has 2 unspecified atom stereocenters. The van der Waals surface area contributed by atoms with Gasteiger partial charge in [0.2, 0.25) is 0 Å². The van der Waals surface area contributed by atoms with E-state index in [1.165, 1.54) is 0 Å². The second-order valence-electron chi connectivity index (χ2n) is 3.86. The van der Waals surface area contributed by atoms with E-state index in [0.717, 1.165) is 12.0 Å². The first-order valence-electron chi connectivity index (χ1n) is 4.91. The zero-order chi connectivity index (χ0) is 10.9. The summed E-state index contributed by atoms with van der Waals surface area (Å²) < 4.78 is 35.7. The van der Waals surface area contributed by atoms with Crippen molar-refractivity contribution < 1.29 is 13.2 Å². The summed E-state index contributed by atoms with van der Waals surface area (Å²) in [6, 6.07) is 9.64. The monoisotopic (exact) mass is 215 g/mol. The standard InChI is InChI=1S/C11H12F3N/c12-11(13,14)7-15-10-6-9(10)8-4-2-1-3-5-8/h1-5,9-10,15H,6-7H2. The Morgan fingerprint density at radius 3 is 2.47 bits per heavy atom. The van der Waals surface area contributed by atoms with E-state index in [1.54, 1.807) is 0 Å². The van der Waals surface area contributed by atoms with Crippen molar-refractivity contribution in [2.24, 2.45) is 0 Å². The van der Waals surface area contributed by atoms with Gasteiger partial charge in [0.15, 0.2) is 0 Å². The molecular formula is C11H12F3N. The van der Waals surface area contributed by atoms with E-state index in [2.05, 4.69) is 5.32 Å². The number of hydrogen-bond donors (Lipinski definition) is 1. The average molecular weight is 215 g/mol. The Morgan fingerprint density at radius 2 is 1.87 bits per heavy atom. The maximum absolute atomic E-state index is 11.9. The van der Waals surface area contributed by atoms with Crippen LogP contribution in [0.5, 0.6) is 0 Å². The first kappa shape index (κ1) is 10.5. The molecule has 0 amide bonds. The first-order chi connectivity index (χ1) is 7.06. The lowest BCUT2D eigenvalue weighted by molar-refractivity contribution is -0.125. The van der Waals surface area contributed by atoms with E-state index >= 15 is 0 Å². The Balaban J connectivity index is 1.82. The van der Waals surface area contributed by atoms with Crippen LogP contribution in [0.4, 0.5) is 13.2 Å². The molecule has 1 fully saturated rings. The van der Waals surface area contributed by atoms with Crippen LogP contribution in [-0.4, -0.2) is 18.8 Å². The molecular weight excluding hydrogens is 203 g/mol. The maximum atomic E-state index is 11.9. The molecule has 0 saturated heterocycles. The Morgan fingerprint density at radius 1 is 1.20 bits per heavy atom. The zero-order valence-electron chi connectivity index (χ0n) is 8.09. The van der Waals surface area contributed by atoms with Crippen molar-refractivity contribution in [2.45, 2.75) is 24.6 Å². The van der Waals surface area contributed by atoms with Crippen LogP contribution in [0, 0.1) is 0 Å². The van der Waals surface area contributed by atoms with Gasteiger partial charge in [0.05, 0.1) is 6.54 Å². The lowest BCUT2D eigenvalue weighted by Crippen LogP contribution is -2.30. The molecule has 15 heavy (non-hydrogen) atoms. The van der Waals surface area contributed by atoms with Crippen LogP contribution in [0.2, 0.25) is 0 Å². The summed E-state index contributed by atoms with van der Waals surface area (Å²) in [6.07, 6.45) is -3.30. The molecule has 0 bridgehead atoms. The van der Waals surface area contributed by atoms with Crippen molar-refractivity contribution in [3.8, 4) is 0 Å². The summed E-state index contributed by atoms with van der Waals surface area (Å²) in [7, 11) is 0. The molecule has 1 aromatic rings. The number of nitrogens with one attached hydrogen (secondary N) is 1. The van der Waals surface area contributed by atoms with Gasteiger partial charge in [0.25, 0.3) is 0 Å². The van der Waals surface area contributed by atoms with E-state index in [9.17, 15) is 13.2 Å². The zero-order valence-corrected chi connectivity index (χ0v) is 8.09. The summed E-state index contributed by atoms with van der Waals surface area (Å²) in [5.41, 5.74) is 1.12. The summed E-state index contributed by atoms with van der Waals surface area (Å²) >= 11 is 0. The number of hydrogen-bond acceptors (Lipinski definition) is 1. The van der Waals surface area contributed by atoms with Crippen molar-refractivity contribution in [2.75, 3.05) is 6.54 Å². The van der Waals surface area contributed by atoms with Crippen molar-refractivity contribution >= 4 is 0 Å². The van der Waals surface area contributed by atoms with Crippen LogP contribution in [0.3, 0.4) is 0 Å². The van der Waals surface area contributed by atoms with Gasteiger partial charge in [-0.1, -0.05) is 30.3 Å². The minimum atomic E-state index is -4.11. The van der Waals surface area contributed by atoms with Crippen molar-refractivity contribution in [3.05, 3.63) is 35.9 Å². The number of benzene rings is 1. The molecule has 1 aliphatic rings. The number of halogens is 3. The van der Waals surface area contributed by atoms with Gasteiger partial charge >= 0.3 is 6.18 Å². The molecule has 0 aliphatic heterocycles. The fourth-order valence-electron chi connectivity index (χ4n) is 1.74. The van der Waals surface area contributed by atoms with Crippen LogP contribution in [0.25, 0.3) is 0 Å². The summed E-state index contributed by atoms with van der Waals surface area (Å²) in [5, 5.41) is 2.52. The molecule has 2 atom stereocenters. The summed E-state index contributed by atoms with van der Waals surface area (Å²) in [5.74, 6) is 0.258. The lowest BCUT2D eigenvalue weighted by atomic mass is 10.1. The van der Waals surface area contributed by atoms with Gasteiger partial charge < -0.3 is 5.32 Å². The third-order valence-corrected chi connectivity index (χ3v) is 2.58. The van der Waals surface area contributed by atoms with Crippen LogP contribution < -0.4 is 5.32 Å². The van der Waals surface area contributed by atoms with E-state index < -0.39 is 12.7 Å². The molecule has 82 valence electrons. The quantitative estimate of drug-likeness (QED) is 0.817. The smallest absolute Gasteiger partial charge is 0.305 e. The normalized spacial score (nSPS) is 25.3. The average Bonchev–Trinajstić information content (AvgIpc) is 2.94. The van der Waals surface area contributed by atoms with E-state index in [0.29, 0.717) is 0 Å². The Bertz CT molecular complexity index is 320. The predicted molar refractivity (Wildman–Crippen MR) is 51.6 cm³/mol. The highest BCUT2D eigenvalue weighted by molar-refractivity contribution is 5.27. The fourth-order valence-corrected chi connectivity index (χ4v) is 1.74. The molecule has 1 N–H and O–H groups in total. The van der Waals surface area contributed by atoms with Gasteiger partial charge in [-0.15, -0.1) is 0 Å². The molecule has 4 heteroatoms. The maximum Gasteiger partial charge on any atom is 0.401 e. The highest BCUT2D eigenvalue weighted by Crippen LogP contribution is 2.40. The van der Waals surface area contributed by atoms with Crippen molar-refractivity contribution in [3.63, 3.8) is 0 Å². The molecule has 2 rings (SSSR count). The molecule has 0 heterocycles. The minimum Gasteiger partial charge on any atom is -0.305 e. The van der Waals surface area contributed by atoms with E-state index in [4.69, 9.17) is 0 Å². The molecule has 1 aliphatic carbocycles. The Labute approximate surface area is 86.3 Å². The third-order valence-electron chi connectivity index (χ3n) is 2.58. The topological polar surface area (TPSA) is 12.0 Å².